The van der Waals surface area contributed by atoms with Crippen molar-refractivity contribution in [3.63, 3.8) is 0 Å². The number of esters is 1. The lowest BCUT2D eigenvalue weighted by Gasteiger charge is -2.36. The van der Waals surface area contributed by atoms with Crippen LogP contribution in [0.2, 0.25) is 0 Å². The number of carbonyl (C=O) groups is 1. The lowest BCUT2D eigenvalue weighted by molar-refractivity contribution is -0.921. The summed E-state index contributed by atoms with van der Waals surface area (Å²) in [6.45, 7) is 2.43. The van der Waals surface area contributed by atoms with Gasteiger partial charge < -0.3 is 14.3 Å². The number of benzene rings is 3. The molecule has 1 unspecified atom stereocenters. The van der Waals surface area contributed by atoms with Gasteiger partial charge in [-0.2, -0.15) is 0 Å². The number of carbonyl (C=O) groups excluding carboxylic acids is 1. The van der Waals surface area contributed by atoms with Crippen molar-refractivity contribution < 1.29 is 19.1 Å². The van der Waals surface area contributed by atoms with Crippen LogP contribution in [0.1, 0.15) is 29.5 Å². The van der Waals surface area contributed by atoms with Crippen LogP contribution < -0.4 is 0 Å². The van der Waals surface area contributed by atoms with Crippen LogP contribution in [-0.2, 0) is 21.6 Å². The maximum Gasteiger partial charge on any atom is 0.347 e. The van der Waals surface area contributed by atoms with Gasteiger partial charge in [0, 0.05) is 30.4 Å². The first-order chi connectivity index (χ1) is 15.5. The molecular formula is C28H30NO3+. The van der Waals surface area contributed by atoms with Gasteiger partial charge in [-0.25, -0.2) is 4.79 Å². The first-order valence-corrected chi connectivity index (χ1v) is 11.5. The Kier molecular flexibility index (Phi) is 5.36. The van der Waals surface area contributed by atoms with E-state index in [0.29, 0.717) is 17.7 Å². The summed E-state index contributed by atoms with van der Waals surface area (Å²) in [4.78, 5) is 13.4. The van der Waals surface area contributed by atoms with Gasteiger partial charge in [-0.3, -0.25) is 0 Å². The highest BCUT2D eigenvalue weighted by molar-refractivity contribution is 5.96. The molecule has 4 nitrogen and oxygen atoms in total. The van der Waals surface area contributed by atoms with Gasteiger partial charge in [0.25, 0.3) is 0 Å². The van der Waals surface area contributed by atoms with E-state index in [1.165, 1.54) is 5.56 Å². The van der Waals surface area contributed by atoms with E-state index in [-0.39, 0.29) is 6.04 Å². The van der Waals surface area contributed by atoms with Crippen molar-refractivity contribution >= 4 is 5.97 Å². The van der Waals surface area contributed by atoms with E-state index < -0.39 is 11.6 Å². The number of nitrogens with zero attached hydrogens (tertiary/aromatic N) is 1. The largest absolute Gasteiger partial charge is 0.457 e. The summed E-state index contributed by atoms with van der Waals surface area (Å²) >= 11 is 0. The Balaban J connectivity index is 1.32. The SMILES string of the molecule is C[N@+]1(CCc2ccccc2)CCCC1COC(=O)C1(O)c2ccccc2-c2ccccc21. The van der Waals surface area contributed by atoms with Gasteiger partial charge >= 0.3 is 5.97 Å². The molecule has 1 aliphatic carbocycles. The molecule has 4 heteroatoms. The fraction of sp³-hybridized carbons (Fsp3) is 0.321. The van der Waals surface area contributed by atoms with Crippen LogP contribution in [0, 0.1) is 0 Å². The van der Waals surface area contributed by atoms with Gasteiger partial charge in [0.2, 0.25) is 5.60 Å². The number of likely N-dealkylation sites (tertiary alicyclic amines) is 1. The molecule has 1 N–H and O–H groups in total. The fourth-order valence-corrected chi connectivity index (χ4v) is 5.48. The second kappa shape index (κ2) is 8.19. The van der Waals surface area contributed by atoms with Gasteiger partial charge in [-0.15, -0.1) is 0 Å². The molecule has 2 atom stereocenters. The summed E-state index contributed by atoms with van der Waals surface area (Å²) in [5, 5.41) is 11.6. The van der Waals surface area contributed by atoms with Crippen LogP contribution in [0.15, 0.2) is 78.9 Å². The summed E-state index contributed by atoms with van der Waals surface area (Å²) in [7, 11) is 2.27. The lowest BCUT2D eigenvalue weighted by Crippen LogP contribution is -2.52. The van der Waals surface area contributed by atoms with Crippen LogP contribution >= 0.6 is 0 Å². The first-order valence-electron chi connectivity index (χ1n) is 11.5. The van der Waals surface area contributed by atoms with Crippen molar-refractivity contribution in [1.82, 2.24) is 0 Å². The zero-order valence-electron chi connectivity index (χ0n) is 18.5. The molecule has 0 radical (unpaired) electrons. The van der Waals surface area contributed by atoms with Crippen molar-refractivity contribution in [2.45, 2.75) is 30.9 Å². The third-order valence-corrected chi connectivity index (χ3v) is 7.47. The molecule has 2 aliphatic rings. The van der Waals surface area contributed by atoms with Crippen molar-refractivity contribution in [3.05, 3.63) is 95.6 Å². The Bertz CT molecular complexity index is 1080. The first kappa shape index (κ1) is 20.9. The minimum atomic E-state index is -1.75. The number of quaternary nitrogens is 1. The van der Waals surface area contributed by atoms with Crippen LogP contribution in [-0.4, -0.2) is 48.3 Å². The number of likely N-dealkylation sites (N-methyl/N-ethyl adjacent to an activating group) is 1. The number of ether oxygens (including phenoxy) is 1. The summed E-state index contributed by atoms with van der Waals surface area (Å²) in [6, 6.07) is 25.9. The predicted octanol–water partition coefficient (Wildman–Crippen LogP) is 4.30. The van der Waals surface area contributed by atoms with E-state index in [1.807, 2.05) is 54.6 Å². The molecule has 164 valence electrons. The molecule has 0 bridgehead atoms. The fourth-order valence-electron chi connectivity index (χ4n) is 5.48. The van der Waals surface area contributed by atoms with E-state index in [1.54, 1.807) is 0 Å². The zero-order chi connectivity index (χ0) is 22.2. The van der Waals surface area contributed by atoms with Crippen molar-refractivity contribution in [3.8, 4) is 11.1 Å². The number of aliphatic hydroxyl groups is 1. The van der Waals surface area contributed by atoms with Crippen LogP contribution in [0.3, 0.4) is 0 Å². The maximum absolute atomic E-state index is 13.4. The van der Waals surface area contributed by atoms with Gasteiger partial charge in [0.1, 0.15) is 12.6 Å². The standard InChI is InChI=1S/C28H30NO3/c1-29(19-17-21-10-3-2-4-11-21)18-9-12-22(29)20-32-27(30)28(31)25-15-7-5-13-23(25)24-14-6-8-16-26(24)28/h2-8,10-11,13-16,22,31H,9,12,17-20H2,1H3/q+1/t22?,29-/m1/s1. The summed E-state index contributed by atoms with van der Waals surface area (Å²) < 4.78 is 6.77. The van der Waals surface area contributed by atoms with Crippen LogP contribution in [0.4, 0.5) is 0 Å². The number of hydrogen-bond acceptors (Lipinski definition) is 3. The molecule has 1 saturated heterocycles. The van der Waals surface area contributed by atoms with Crippen molar-refractivity contribution in [1.29, 1.82) is 0 Å². The molecule has 0 amide bonds. The molecule has 5 rings (SSSR count). The minimum Gasteiger partial charge on any atom is -0.457 e. The highest BCUT2D eigenvalue weighted by atomic mass is 16.6. The normalized spacial score (nSPS) is 22.9. The molecule has 1 fully saturated rings. The molecule has 1 aliphatic heterocycles. The maximum atomic E-state index is 13.4. The van der Waals surface area contributed by atoms with E-state index in [2.05, 4.69) is 31.3 Å². The van der Waals surface area contributed by atoms with E-state index in [9.17, 15) is 9.90 Å². The number of fused-ring (bicyclic) bond motifs is 3. The van der Waals surface area contributed by atoms with Gasteiger partial charge in [0.05, 0.1) is 20.1 Å². The second-order valence-corrected chi connectivity index (χ2v) is 9.36. The number of hydrogen-bond donors (Lipinski definition) is 1. The quantitative estimate of drug-likeness (QED) is 0.470. The predicted molar refractivity (Wildman–Crippen MR) is 125 cm³/mol. The smallest absolute Gasteiger partial charge is 0.347 e. The Labute approximate surface area is 189 Å². The Morgan fingerprint density at radius 3 is 2.22 bits per heavy atom. The van der Waals surface area contributed by atoms with Gasteiger partial charge in [-0.05, 0) is 16.7 Å². The Hall–Kier alpha value is -2.95. The molecule has 0 saturated carbocycles. The van der Waals surface area contributed by atoms with Gasteiger partial charge in [-0.1, -0.05) is 78.9 Å². The highest BCUT2D eigenvalue weighted by Crippen LogP contribution is 2.48. The molecule has 3 aromatic rings. The van der Waals surface area contributed by atoms with E-state index >= 15 is 0 Å². The summed E-state index contributed by atoms with van der Waals surface area (Å²) in [5.74, 6) is -0.573. The molecule has 0 spiro atoms. The third-order valence-electron chi connectivity index (χ3n) is 7.47. The molecular weight excluding hydrogens is 398 g/mol. The van der Waals surface area contributed by atoms with Crippen molar-refractivity contribution in [2.75, 3.05) is 26.7 Å². The monoisotopic (exact) mass is 428 g/mol. The molecule has 0 aromatic heterocycles. The van der Waals surface area contributed by atoms with E-state index in [4.69, 9.17) is 4.74 Å². The third kappa shape index (κ3) is 3.44. The molecule has 3 aromatic carbocycles. The topological polar surface area (TPSA) is 46.5 Å². The number of rotatable bonds is 6. The average molecular weight is 429 g/mol. The van der Waals surface area contributed by atoms with Crippen LogP contribution in [0.25, 0.3) is 11.1 Å². The molecule has 32 heavy (non-hydrogen) atoms. The Morgan fingerprint density at radius 2 is 1.56 bits per heavy atom. The Morgan fingerprint density at radius 1 is 0.969 bits per heavy atom. The summed E-state index contributed by atoms with van der Waals surface area (Å²) in [6.07, 6.45) is 3.17. The minimum absolute atomic E-state index is 0.248. The summed E-state index contributed by atoms with van der Waals surface area (Å²) in [5.41, 5.74) is 2.60. The second-order valence-electron chi connectivity index (χ2n) is 9.36. The van der Waals surface area contributed by atoms with Crippen LogP contribution in [0.5, 0.6) is 0 Å². The molecule has 1 heterocycles. The lowest BCUT2D eigenvalue weighted by atomic mass is 9.91. The van der Waals surface area contributed by atoms with Crippen molar-refractivity contribution in [2.24, 2.45) is 0 Å². The van der Waals surface area contributed by atoms with Gasteiger partial charge in [0.15, 0.2) is 0 Å². The highest BCUT2D eigenvalue weighted by Gasteiger charge is 2.50. The average Bonchev–Trinajstić information content (AvgIpc) is 3.33. The zero-order valence-corrected chi connectivity index (χ0v) is 18.5. The van der Waals surface area contributed by atoms with E-state index in [0.717, 1.165) is 48.0 Å².